The van der Waals surface area contributed by atoms with Gasteiger partial charge in [-0.25, -0.2) is 9.34 Å². The van der Waals surface area contributed by atoms with Gasteiger partial charge in [0.2, 0.25) is 13.4 Å². The number of morpholine rings is 1. The first kappa shape index (κ1) is 22.2. The molecule has 2 heterocycles. The van der Waals surface area contributed by atoms with Gasteiger partial charge >= 0.3 is 0 Å². The second-order valence-corrected chi connectivity index (χ2v) is 10.3. The van der Waals surface area contributed by atoms with E-state index in [9.17, 15) is 9.36 Å². The topological polar surface area (TPSA) is 65.6 Å². The van der Waals surface area contributed by atoms with Crippen LogP contribution in [0.5, 0.6) is 0 Å². The van der Waals surface area contributed by atoms with Gasteiger partial charge in [0.15, 0.2) is 0 Å². The smallest absolute Gasteiger partial charge is 0.241 e. The van der Waals surface area contributed by atoms with Crippen molar-refractivity contribution in [1.29, 1.82) is 0 Å². The molecule has 0 aromatic heterocycles. The number of carbonyl (C=O) groups is 1. The summed E-state index contributed by atoms with van der Waals surface area (Å²) in [5, 5.41) is 0. The van der Waals surface area contributed by atoms with Crippen LogP contribution in [0.1, 0.15) is 0 Å². The van der Waals surface area contributed by atoms with E-state index in [-0.39, 0.29) is 30.1 Å². The molecule has 3 atom stereocenters. The van der Waals surface area contributed by atoms with E-state index >= 15 is 0 Å². The van der Waals surface area contributed by atoms with Crippen LogP contribution in [0.4, 0.5) is 0 Å². The summed E-state index contributed by atoms with van der Waals surface area (Å²) in [5.74, 6) is 0.214. The highest BCUT2D eigenvalue weighted by molar-refractivity contribution is 7.81. The van der Waals surface area contributed by atoms with Crippen molar-refractivity contribution < 1.29 is 18.8 Å². The molecule has 11 heteroatoms. The Labute approximate surface area is 163 Å². The fourth-order valence-electron chi connectivity index (χ4n) is 3.27. The zero-order valence-electron chi connectivity index (χ0n) is 15.9. The highest BCUT2D eigenvalue weighted by Crippen LogP contribution is 2.51. The number of amides is 1. The number of rotatable bonds is 7. The lowest BCUT2D eigenvalue weighted by Gasteiger charge is -2.41. The largest absolute Gasteiger partial charge is 0.380 e. The number of ether oxygens (including phenoxy) is 2. The summed E-state index contributed by atoms with van der Waals surface area (Å²) in [5.41, 5.74) is 0. The number of hydrogen-bond acceptors (Lipinski definition) is 6. The van der Waals surface area contributed by atoms with E-state index in [2.05, 4.69) is 17.5 Å². The molecule has 26 heavy (non-hydrogen) atoms. The summed E-state index contributed by atoms with van der Waals surface area (Å²) >= 11 is 4.03. The highest BCUT2D eigenvalue weighted by atomic mass is 32.1. The Kier molecular flexibility index (Phi) is 8.47. The van der Waals surface area contributed by atoms with E-state index in [0.717, 1.165) is 6.54 Å². The Morgan fingerprint density at radius 1 is 1.31 bits per heavy atom. The van der Waals surface area contributed by atoms with Crippen molar-refractivity contribution in [2.45, 2.75) is 12.1 Å². The van der Waals surface area contributed by atoms with E-state index in [1.54, 1.807) is 23.7 Å². The van der Waals surface area contributed by atoms with E-state index in [1.165, 1.54) is 0 Å². The van der Waals surface area contributed by atoms with Crippen LogP contribution < -0.4 is 0 Å². The van der Waals surface area contributed by atoms with E-state index in [4.69, 9.17) is 17.3 Å². The first-order valence-corrected chi connectivity index (χ1v) is 11.3. The normalized spacial score (nSPS) is 28.3. The fraction of sp³-hybridized carbons (Fsp3) is 0.933. The third-order valence-corrected chi connectivity index (χ3v) is 8.07. The van der Waals surface area contributed by atoms with Crippen molar-refractivity contribution in [2.24, 2.45) is 0 Å². The van der Waals surface area contributed by atoms with Gasteiger partial charge in [0.1, 0.15) is 14.2 Å². The predicted octanol–water partition coefficient (Wildman–Crippen LogP) is -0.386. The summed E-state index contributed by atoms with van der Waals surface area (Å²) in [7, 11) is 8.61. The van der Waals surface area contributed by atoms with Gasteiger partial charge in [-0.3, -0.25) is 9.36 Å². The van der Waals surface area contributed by atoms with Crippen LogP contribution >= 0.6 is 20.1 Å². The molecule has 2 aliphatic rings. The van der Waals surface area contributed by atoms with Gasteiger partial charge < -0.3 is 19.3 Å². The van der Waals surface area contributed by atoms with Crippen molar-refractivity contribution in [3.05, 3.63) is 0 Å². The molecule has 2 aliphatic heterocycles. The number of thiol groups is 1. The Hall–Kier alpha value is -0.0851. The molecule has 3 unspecified atom stereocenters. The zero-order valence-corrected chi connectivity index (χ0v) is 17.7. The Bertz CT molecular complexity index is 512. The molecule has 2 rings (SSSR count). The molecule has 0 bridgehead atoms. The highest BCUT2D eigenvalue weighted by Gasteiger charge is 2.36. The number of carbonyl (C=O) groups excluding carboxylic acids is 1. The van der Waals surface area contributed by atoms with Crippen molar-refractivity contribution >= 4 is 33.8 Å². The Morgan fingerprint density at radius 2 is 1.96 bits per heavy atom. The third kappa shape index (κ3) is 5.71. The minimum atomic E-state index is -2.84. The first-order valence-electron chi connectivity index (χ1n) is 8.84. The third-order valence-electron chi connectivity index (χ3n) is 4.75. The van der Waals surface area contributed by atoms with Crippen LogP contribution in [0.15, 0.2) is 0 Å². The maximum atomic E-state index is 13.5. The monoisotopic (exact) mass is 404 g/mol. The summed E-state index contributed by atoms with van der Waals surface area (Å²) in [6.45, 7) is 4.03. The van der Waals surface area contributed by atoms with Gasteiger partial charge in [-0.05, 0) is 21.1 Å². The number of likely N-dealkylation sites (N-methyl/N-ethyl adjacent to an activating group) is 1. The molecular formula is C15H30BN4O4PS. The van der Waals surface area contributed by atoms with Gasteiger partial charge in [-0.2, -0.15) is 12.6 Å². The van der Waals surface area contributed by atoms with Crippen molar-refractivity contribution in [3.8, 4) is 0 Å². The summed E-state index contributed by atoms with van der Waals surface area (Å²) in [4.78, 5) is 15.6. The summed E-state index contributed by atoms with van der Waals surface area (Å²) < 4.78 is 28.7. The molecule has 0 spiro atoms. The zero-order chi connectivity index (χ0) is 19.3. The second kappa shape index (κ2) is 9.91. The Balaban J connectivity index is 1.87. The molecule has 0 N–H and O–H groups in total. The minimum Gasteiger partial charge on any atom is -0.380 e. The molecule has 0 aliphatic carbocycles. The molecule has 2 radical (unpaired) electrons. The average molecular weight is 404 g/mol. The molecule has 2 fully saturated rings. The van der Waals surface area contributed by atoms with Crippen molar-refractivity contribution in [3.63, 3.8) is 0 Å². The summed E-state index contributed by atoms with van der Waals surface area (Å²) in [6, 6.07) is -0.319. The van der Waals surface area contributed by atoms with E-state index < -0.39 is 7.44 Å². The minimum absolute atomic E-state index is 0.0128. The first-order chi connectivity index (χ1) is 12.3. The molecule has 0 aromatic rings. The van der Waals surface area contributed by atoms with Crippen LogP contribution in [0, 0.1) is 0 Å². The van der Waals surface area contributed by atoms with Crippen LogP contribution in [0.2, 0.25) is 0 Å². The van der Waals surface area contributed by atoms with E-state index in [1.807, 2.05) is 11.7 Å². The number of hydrogen-bond donors (Lipinski definition) is 1. The second-order valence-electron chi connectivity index (χ2n) is 7.02. The summed E-state index contributed by atoms with van der Waals surface area (Å²) in [6.07, 6.45) is 0.00324. The van der Waals surface area contributed by atoms with Crippen molar-refractivity contribution in [2.75, 3.05) is 79.1 Å². The van der Waals surface area contributed by atoms with Gasteiger partial charge in [0.25, 0.3) is 0 Å². The maximum Gasteiger partial charge on any atom is 0.241 e. The fourth-order valence-corrected chi connectivity index (χ4v) is 5.51. The lowest BCUT2D eigenvalue weighted by atomic mass is 9.98. The molecule has 0 saturated carbocycles. The van der Waals surface area contributed by atoms with Crippen molar-refractivity contribution in [1.82, 2.24) is 19.1 Å². The number of piperazine rings is 1. The predicted molar refractivity (Wildman–Crippen MR) is 106 cm³/mol. The van der Waals surface area contributed by atoms with Crippen LogP contribution in [0.3, 0.4) is 0 Å². The lowest BCUT2D eigenvalue weighted by molar-refractivity contribution is -0.129. The van der Waals surface area contributed by atoms with E-state index in [0.29, 0.717) is 39.3 Å². The van der Waals surface area contributed by atoms with Gasteiger partial charge in [-0.1, -0.05) is 0 Å². The van der Waals surface area contributed by atoms with Gasteiger partial charge in [-0.15, -0.1) is 0 Å². The molecule has 0 aromatic carbocycles. The Morgan fingerprint density at radius 3 is 2.50 bits per heavy atom. The van der Waals surface area contributed by atoms with Gasteiger partial charge in [0, 0.05) is 45.3 Å². The van der Waals surface area contributed by atoms with Crippen LogP contribution in [-0.4, -0.2) is 124 Å². The maximum absolute atomic E-state index is 13.5. The van der Waals surface area contributed by atoms with Crippen LogP contribution in [0.25, 0.3) is 0 Å². The standard InChI is InChI=1S/C15H30BN4O4PS/c1-17(2)25(22,20-6-4-19(5-7-20)15(21)11-26)12-23-10-13-8-18(3)9-14(16)24-13/h13-14,26H,4-12H2,1-3H3. The van der Waals surface area contributed by atoms with Gasteiger partial charge in [0.05, 0.1) is 18.5 Å². The molecular weight excluding hydrogens is 374 g/mol. The average Bonchev–Trinajstić information content (AvgIpc) is 2.60. The molecule has 148 valence electrons. The quantitative estimate of drug-likeness (QED) is 0.353. The lowest BCUT2D eigenvalue weighted by Crippen LogP contribution is -2.49. The molecule has 8 nitrogen and oxygen atoms in total. The SMILES string of the molecule is [B]C1CN(C)CC(COCP(=O)(N(C)C)N2CCN(C(=O)CS)CC2)O1. The molecule has 2 saturated heterocycles. The number of nitrogens with zero attached hydrogens (tertiary/aromatic N) is 4. The van der Waals surface area contributed by atoms with Crippen LogP contribution in [-0.2, 0) is 18.8 Å². The molecule has 1 amide bonds.